The lowest BCUT2D eigenvalue weighted by atomic mass is 10.0. The number of hydrogen-bond donors (Lipinski definition) is 0. The lowest BCUT2D eigenvalue weighted by Crippen LogP contribution is -2.01. The van der Waals surface area contributed by atoms with Crippen LogP contribution in [0.3, 0.4) is 0 Å². The Hall–Kier alpha value is -2.36. The molecule has 0 unspecified atom stereocenters. The van der Waals surface area contributed by atoms with Crippen molar-refractivity contribution < 1.29 is 9.53 Å². The number of nitrogens with zero attached hydrogens (tertiary/aromatic N) is 2. The third-order valence-electron chi connectivity index (χ3n) is 3.98. The van der Waals surface area contributed by atoms with E-state index < -0.39 is 0 Å². The molecule has 0 aliphatic heterocycles. The summed E-state index contributed by atoms with van der Waals surface area (Å²) < 4.78 is 7.09. The average Bonchev–Trinajstić information content (AvgIpc) is 2.76. The number of aromatic nitrogens is 2. The van der Waals surface area contributed by atoms with Gasteiger partial charge < -0.3 is 4.74 Å². The number of hydrogen-bond acceptors (Lipinski definition) is 3. The fourth-order valence-corrected chi connectivity index (χ4v) is 2.38. The Labute approximate surface area is 137 Å². The Morgan fingerprint density at radius 2 is 1.91 bits per heavy atom. The predicted molar refractivity (Wildman–Crippen MR) is 92.0 cm³/mol. The first-order chi connectivity index (χ1) is 10.9. The van der Waals surface area contributed by atoms with Crippen molar-refractivity contribution in [2.45, 2.75) is 40.2 Å². The molecule has 0 N–H and O–H groups in total. The number of aryl methyl sites for hydroxylation is 2. The Morgan fingerprint density at radius 1 is 1.26 bits per heavy atom. The second-order valence-electron chi connectivity index (χ2n) is 6.05. The van der Waals surface area contributed by atoms with E-state index in [1.165, 1.54) is 11.6 Å². The zero-order valence-electron chi connectivity index (χ0n) is 14.5. The summed E-state index contributed by atoms with van der Waals surface area (Å²) in [4.78, 5) is 11.9. The van der Waals surface area contributed by atoms with Gasteiger partial charge in [-0.3, -0.25) is 4.68 Å². The van der Waals surface area contributed by atoms with Gasteiger partial charge in [0.2, 0.25) is 0 Å². The maximum Gasteiger partial charge on any atom is 0.331 e. The standard InChI is InChI=1S/C19H24N2O2/c1-13(2)17-8-6-16(7-9-17)12-23-19(22)11-10-18-14(3)20-21(5)15(18)4/h6-11,13H,12H2,1-5H3/b11-10+. The van der Waals surface area contributed by atoms with E-state index in [-0.39, 0.29) is 12.6 Å². The van der Waals surface area contributed by atoms with E-state index in [0.29, 0.717) is 5.92 Å². The zero-order valence-corrected chi connectivity index (χ0v) is 14.5. The third-order valence-corrected chi connectivity index (χ3v) is 3.98. The molecule has 1 aromatic heterocycles. The first-order valence-electron chi connectivity index (χ1n) is 7.82. The molecule has 0 aliphatic rings. The van der Waals surface area contributed by atoms with Crippen LogP contribution < -0.4 is 0 Å². The van der Waals surface area contributed by atoms with E-state index in [4.69, 9.17) is 4.74 Å². The van der Waals surface area contributed by atoms with Gasteiger partial charge in [-0.25, -0.2) is 4.79 Å². The summed E-state index contributed by atoms with van der Waals surface area (Å²) in [7, 11) is 1.89. The summed E-state index contributed by atoms with van der Waals surface area (Å²) in [5.41, 5.74) is 5.16. The fourth-order valence-electron chi connectivity index (χ4n) is 2.38. The van der Waals surface area contributed by atoms with Crippen LogP contribution in [0.2, 0.25) is 0 Å². The molecule has 0 saturated heterocycles. The Morgan fingerprint density at radius 3 is 2.43 bits per heavy atom. The van der Waals surface area contributed by atoms with Crippen LogP contribution in [0.5, 0.6) is 0 Å². The molecule has 2 rings (SSSR count). The quantitative estimate of drug-likeness (QED) is 0.621. The van der Waals surface area contributed by atoms with Crippen LogP contribution in [-0.2, 0) is 23.2 Å². The van der Waals surface area contributed by atoms with Gasteiger partial charge in [0.1, 0.15) is 6.61 Å². The van der Waals surface area contributed by atoms with Crippen molar-refractivity contribution in [2.24, 2.45) is 7.05 Å². The predicted octanol–water partition coefficient (Wildman–Crippen LogP) is 3.92. The van der Waals surface area contributed by atoms with E-state index in [1.807, 2.05) is 33.0 Å². The molecule has 122 valence electrons. The monoisotopic (exact) mass is 312 g/mol. The molecular formula is C19H24N2O2. The van der Waals surface area contributed by atoms with E-state index in [9.17, 15) is 4.79 Å². The van der Waals surface area contributed by atoms with Crippen LogP contribution in [0.4, 0.5) is 0 Å². The molecule has 2 aromatic rings. The van der Waals surface area contributed by atoms with Crippen molar-refractivity contribution in [3.8, 4) is 0 Å². The second kappa shape index (κ2) is 7.27. The van der Waals surface area contributed by atoms with E-state index >= 15 is 0 Å². The SMILES string of the molecule is Cc1nn(C)c(C)c1/C=C/C(=O)OCc1ccc(C(C)C)cc1. The number of rotatable bonds is 5. The van der Waals surface area contributed by atoms with Crippen molar-refractivity contribution in [1.29, 1.82) is 0 Å². The molecule has 4 nitrogen and oxygen atoms in total. The Balaban J connectivity index is 1.93. The molecule has 23 heavy (non-hydrogen) atoms. The summed E-state index contributed by atoms with van der Waals surface area (Å²) in [5.74, 6) is 0.154. The maximum absolute atomic E-state index is 11.9. The Bertz CT molecular complexity index is 710. The first-order valence-corrected chi connectivity index (χ1v) is 7.82. The molecule has 1 heterocycles. The van der Waals surface area contributed by atoms with Gasteiger partial charge in [0.25, 0.3) is 0 Å². The fraction of sp³-hybridized carbons (Fsp3) is 0.368. The smallest absolute Gasteiger partial charge is 0.331 e. The van der Waals surface area contributed by atoms with E-state index in [0.717, 1.165) is 22.5 Å². The molecule has 0 radical (unpaired) electrons. The lowest BCUT2D eigenvalue weighted by molar-refractivity contribution is -0.138. The van der Waals surface area contributed by atoms with Crippen molar-refractivity contribution in [1.82, 2.24) is 9.78 Å². The number of carbonyl (C=O) groups excluding carboxylic acids is 1. The summed E-state index contributed by atoms with van der Waals surface area (Å²) >= 11 is 0. The van der Waals surface area contributed by atoms with Crippen molar-refractivity contribution in [3.63, 3.8) is 0 Å². The summed E-state index contributed by atoms with van der Waals surface area (Å²) in [6, 6.07) is 8.15. The normalized spacial score (nSPS) is 11.4. The van der Waals surface area contributed by atoms with Gasteiger partial charge in [0.15, 0.2) is 0 Å². The molecule has 0 spiro atoms. The molecule has 0 bridgehead atoms. The summed E-state index contributed by atoms with van der Waals surface area (Å²) in [6.45, 7) is 8.49. The van der Waals surface area contributed by atoms with Gasteiger partial charge in [0, 0.05) is 24.4 Å². The van der Waals surface area contributed by atoms with Gasteiger partial charge in [-0.15, -0.1) is 0 Å². The van der Waals surface area contributed by atoms with E-state index in [2.05, 4.69) is 31.1 Å². The summed E-state index contributed by atoms with van der Waals surface area (Å²) in [6.07, 6.45) is 3.22. The van der Waals surface area contributed by atoms with Crippen molar-refractivity contribution >= 4 is 12.0 Å². The van der Waals surface area contributed by atoms with Gasteiger partial charge in [-0.1, -0.05) is 38.1 Å². The van der Waals surface area contributed by atoms with Crippen LogP contribution >= 0.6 is 0 Å². The van der Waals surface area contributed by atoms with Crippen LogP contribution in [0.25, 0.3) is 6.08 Å². The Kier molecular flexibility index (Phi) is 5.37. The van der Waals surface area contributed by atoms with Crippen LogP contribution in [-0.4, -0.2) is 15.7 Å². The minimum absolute atomic E-state index is 0.284. The molecule has 4 heteroatoms. The highest BCUT2D eigenvalue weighted by molar-refractivity contribution is 5.87. The van der Waals surface area contributed by atoms with Gasteiger partial charge in [0.05, 0.1) is 5.69 Å². The van der Waals surface area contributed by atoms with Crippen LogP contribution in [0.15, 0.2) is 30.3 Å². The van der Waals surface area contributed by atoms with Crippen molar-refractivity contribution in [2.75, 3.05) is 0 Å². The van der Waals surface area contributed by atoms with Crippen molar-refractivity contribution in [3.05, 3.63) is 58.4 Å². The molecular weight excluding hydrogens is 288 g/mol. The molecule has 0 fully saturated rings. The zero-order chi connectivity index (χ0) is 17.0. The molecule has 0 saturated carbocycles. The largest absolute Gasteiger partial charge is 0.458 e. The van der Waals surface area contributed by atoms with Crippen LogP contribution in [0.1, 0.15) is 47.8 Å². The topological polar surface area (TPSA) is 44.1 Å². The maximum atomic E-state index is 11.9. The highest BCUT2D eigenvalue weighted by atomic mass is 16.5. The molecule has 0 atom stereocenters. The highest BCUT2D eigenvalue weighted by Gasteiger charge is 2.07. The minimum atomic E-state index is -0.347. The minimum Gasteiger partial charge on any atom is -0.458 e. The number of esters is 1. The van der Waals surface area contributed by atoms with E-state index in [1.54, 1.807) is 10.8 Å². The number of carbonyl (C=O) groups is 1. The van der Waals surface area contributed by atoms with Gasteiger partial charge >= 0.3 is 5.97 Å². The average molecular weight is 312 g/mol. The first kappa shape index (κ1) is 17.0. The molecule has 1 aromatic carbocycles. The highest BCUT2D eigenvalue weighted by Crippen LogP contribution is 2.16. The molecule has 0 aliphatic carbocycles. The summed E-state index contributed by atoms with van der Waals surface area (Å²) in [5, 5.41) is 4.32. The second-order valence-corrected chi connectivity index (χ2v) is 6.05. The van der Waals surface area contributed by atoms with Gasteiger partial charge in [-0.2, -0.15) is 5.10 Å². The lowest BCUT2D eigenvalue weighted by Gasteiger charge is -2.07. The van der Waals surface area contributed by atoms with Crippen LogP contribution in [0, 0.1) is 13.8 Å². The number of benzene rings is 1. The third kappa shape index (κ3) is 4.31. The number of ether oxygens (including phenoxy) is 1. The molecule has 0 amide bonds. The van der Waals surface area contributed by atoms with Gasteiger partial charge in [-0.05, 0) is 37.0 Å².